The van der Waals surface area contributed by atoms with Gasteiger partial charge in [0.2, 0.25) is 6.43 Å². The van der Waals surface area contributed by atoms with E-state index in [2.05, 4.69) is 6.92 Å². The Kier molecular flexibility index (Phi) is 37.8. The standard InChI is InChI=1S/C39H78F2/c1-2-3-4-5-6-7-8-9-10-11-12-13-14-15-16-17-18-19-20-21-22-23-24-25-26-27-28-29-30-31-32-33-34-35-36-37-38-39(40)41/h39H,2-38H2,1H3. The van der Waals surface area contributed by atoms with Crippen LogP contribution in [-0.2, 0) is 0 Å². The molecule has 41 heavy (non-hydrogen) atoms. The van der Waals surface area contributed by atoms with Crippen molar-refractivity contribution in [3.63, 3.8) is 0 Å². The number of hydrogen-bond donors (Lipinski definition) is 0. The minimum Gasteiger partial charge on any atom is -0.211 e. The Morgan fingerprint density at radius 1 is 0.244 bits per heavy atom. The van der Waals surface area contributed by atoms with E-state index in [9.17, 15) is 8.78 Å². The third kappa shape index (κ3) is 39.9. The highest BCUT2D eigenvalue weighted by atomic mass is 19.3. The Balaban J connectivity index is 3.03. The lowest BCUT2D eigenvalue weighted by Crippen LogP contribution is -1.89. The summed E-state index contributed by atoms with van der Waals surface area (Å²) in [6, 6.07) is 0. The van der Waals surface area contributed by atoms with E-state index in [-0.39, 0.29) is 6.42 Å². The fourth-order valence-electron chi connectivity index (χ4n) is 6.38. The molecule has 0 unspecified atom stereocenters. The normalized spacial score (nSPS) is 11.7. The van der Waals surface area contributed by atoms with Crippen molar-refractivity contribution < 1.29 is 8.78 Å². The predicted molar refractivity (Wildman–Crippen MR) is 183 cm³/mol. The molecule has 248 valence electrons. The quantitative estimate of drug-likeness (QED) is 0.0637. The van der Waals surface area contributed by atoms with E-state index in [1.54, 1.807) is 0 Å². The summed E-state index contributed by atoms with van der Waals surface area (Å²) in [6.07, 6.45) is 48.4. The second kappa shape index (κ2) is 37.9. The van der Waals surface area contributed by atoms with Crippen LogP contribution in [0.25, 0.3) is 0 Å². The molecule has 0 aliphatic carbocycles. The summed E-state index contributed by atoms with van der Waals surface area (Å²) in [4.78, 5) is 0. The van der Waals surface area contributed by atoms with Crippen molar-refractivity contribution in [3.05, 3.63) is 0 Å². The van der Waals surface area contributed by atoms with Gasteiger partial charge in [-0.25, -0.2) is 8.78 Å². The van der Waals surface area contributed by atoms with Gasteiger partial charge < -0.3 is 0 Å². The average Bonchev–Trinajstić information content (AvgIpc) is 2.97. The van der Waals surface area contributed by atoms with Gasteiger partial charge in [0.1, 0.15) is 0 Å². The molecule has 0 aromatic carbocycles. The molecule has 0 nitrogen and oxygen atoms in total. The van der Waals surface area contributed by atoms with Crippen molar-refractivity contribution >= 4 is 0 Å². The molecule has 0 fully saturated rings. The van der Waals surface area contributed by atoms with E-state index < -0.39 is 6.43 Å². The van der Waals surface area contributed by atoms with Crippen molar-refractivity contribution in [2.75, 3.05) is 0 Å². The minimum absolute atomic E-state index is 0.0969. The van der Waals surface area contributed by atoms with E-state index in [1.165, 1.54) is 212 Å². The van der Waals surface area contributed by atoms with Crippen molar-refractivity contribution in [2.24, 2.45) is 0 Å². The van der Waals surface area contributed by atoms with Crippen molar-refractivity contribution in [2.45, 2.75) is 251 Å². The minimum atomic E-state index is -2.10. The zero-order chi connectivity index (χ0) is 29.7. The van der Waals surface area contributed by atoms with Crippen LogP contribution in [0.5, 0.6) is 0 Å². The first-order valence-corrected chi connectivity index (χ1v) is 19.6. The predicted octanol–water partition coefficient (Wildman–Crippen LogP) is 15.7. The van der Waals surface area contributed by atoms with Gasteiger partial charge in [-0.05, 0) is 6.42 Å². The molecule has 0 saturated heterocycles. The van der Waals surface area contributed by atoms with Crippen LogP contribution in [0.4, 0.5) is 8.78 Å². The third-order valence-electron chi connectivity index (χ3n) is 9.28. The van der Waals surface area contributed by atoms with Crippen LogP contribution in [0.2, 0.25) is 0 Å². The highest BCUT2D eigenvalue weighted by Crippen LogP contribution is 2.17. The smallest absolute Gasteiger partial charge is 0.211 e. The van der Waals surface area contributed by atoms with Gasteiger partial charge in [-0.15, -0.1) is 0 Å². The van der Waals surface area contributed by atoms with Gasteiger partial charge in [-0.1, -0.05) is 232 Å². The Morgan fingerprint density at radius 2 is 0.390 bits per heavy atom. The van der Waals surface area contributed by atoms with Crippen molar-refractivity contribution in [1.29, 1.82) is 0 Å². The molecule has 0 atom stereocenters. The number of rotatable bonds is 37. The van der Waals surface area contributed by atoms with Gasteiger partial charge in [0.15, 0.2) is 0 Å². The average molecular weight is 585 g/mol. The summed E-state index contributed by atoms with van der Waals surface area (Å²) in [7, 11) is 0. The Labute approximate surface area is 259 Å². The molecule has 0 aromatic rings. The van der Waals surface area contributed by atoms with Crippen LogP contribution in [0, 0.1) is 0 Å². The monoisotopic (exact) mass is 585 g/mol. The highest BCUT2D eigenvalue weighted by molar-refractivity contribution is 4.53. The fraction of sp³-hybridized carbons (Fsp3) is 1.00. The molecular formula is C39H78F2. The summed E-state index contributed by atoms with van der Waals surface area (Å²) in [5.41, 5.74) is 0. The molecule has 0 radical (unpaired) electrons. The second-order valence-corrected chi connectivity index (χ2v) is 13.6. The van der Waals surface area contributed by atoms with E-state index in [0.717, 1.165) is 12.8 Å². The molecule has 0 aromatic heterocycles. The van der Waals surface area contributed by atoms with Crippen LogP contribution in [0.1, 0.15) is 244 Å². The van der Waals surface area contributed by atoms with Gasteiger partial charge in [-0.3, -0.25) is 0 Å². The first kappa shape index (κ1) is 40.9. The summed E-state index contributed by atoms with van der Waals surface area (Å²) in [5, 5.41) is 0. The molecule has 0 aliphatic heterocycles. The third-order valence-corrected chi connectivity index (χ3v) is 9.28. The van der Waals surface area contributed by atoms with E-state index in [1.807, 2.05) is 0 Å². The van der Waals surface area contributed by atoms with Gasteiger partial charge in [0.25, 0.3) is 0 Å². The largest absolute Gasteiger partial charge is 0.238 e. The first-order valence-electron chi connectivity index (χ1n) is 19.6. The SMILES string of the molecule is CCCCCCCCCCCCCCCCCCCCCCCCCCCCCCCCCCCCCCC(F)F. The molecule has 0 spiro atoms. The lowest BCUT2D eigenvalue weighted by atomic mass is 10.0. The van der Waals surface area contributed by atoms with Crippen LogP contribution in [0.15, 0.2) is 0 Å². The summed E-state index contributed by atoms with van der Waals surface area (Å²) in [5.74, 6) is 0. The zero-order valence-corrected chi connectivity index (χ0v) is 28.5. The molecule has 0 saturated carbocycles. The van der Waals surface area contributed by atoms with Crippen molar-refractivity contribution in [1.82, 2.24) is 0 Å². The maximum absolute atomic E-state index is 12.1. The maximum atomic E-state index is 12.1. The van der Waals surface area contributed by atoms with Gasteiger partial charge in [-0.2, -0.15) is 0 Å². The molecule has 0 amide bonds. The lowest BCUT2D eigenvalue weighted by Gasteiger charge is -2.05. The molecule has 2 heteroatoms. The lowest BCUT2D eigenvalue weighted by molar-refractivity contribution is 0.133. The van der Waals surface area contributed by atoms with Crippen LogP contribution >= 0.6 is 0 Å². The number of alkyl halides is 2. The van der Waals surface area contributed by atoms with E-state index >= 15 is 0 Å². The molecule has 0 aliphatic rings. The Morgan fingerprint density at radius 3 is 0.537 bits per heavy atom. The van der Waals surface area contributed by atoms with Gasteiger partial charge in [0, 0.05) is 6.42 Å². The maximum Gasteiger partial charge on any atom is 0.238 e. The molecule has 0 heterocycles. The topological polar surface area (TPSA) is 0 Å². The van der Waals surface area contributed by atoms with E-state index in [0.29, 0.717) is 6.42 Å². The summed E-state index contributed by atoms with van der Waals surface area (Å²) < 4.78 is 24.1. The summed E-state index contributed by atoms with van der Waals surface area (Å²) in [6.45, 7) is 2.30. The van der Waals surface area contributed by atoms with Crippen LogP contribution in [0.3, 0.4) is 0 Å². The van der Waals surface area contributed by atoms with E-state index in [4.69, 9.17) is 0 Å². The molecule has 0 rings (SSSR count). The number of hydrogen-bond acceptors (Lipinski definition) is 0. The van der Waals surface area contributed by atoms with Crippen LogP contribution in [-0.4, -0.2) is 6.43 Å². The molecule has 0 bridgehead atoms. The van der Waals surface area contributed by atoms with Crippen molar-refractivity contribution in [3.8, 4) is 0 Å². The molecule has 0 N–H and O–H groups in total. The Hall–Kier alpha value is -0.140. The fourth-order valence-corrected chi connectivity index (χ4v) is 6.38. The highest BCUT2D eigenvalue weighted by Gasteiger charge is 2.01. The van der Waals surface area contributed by atoms with Crippen LogP contribution < -0.4 is 0 Å². The molecular weight excluding hydrogens is 506 g/mol. The summed E-state index contributed by atoms with van der Waals surface area (Å²) >= 11 is 0. The second-order valence-electron chi connectivity index (χ2n) is 13.6. The number of unbranched alkanes of at least 4 members (excludes halogenated alkanes) is 35. The first-order chi connectivity index (χ1) is 20.3. The van der Waals surface area contributed by atoms with Gasteiger partial charge in [0.05, 0.1) is 0 Å². The number of halogens is 2. The Bertz CT molecular complexity index is 435. The zero-order valence-electron chi connectivity index (χ0n) is 28.5. The van der Waals surface area contributed by atoms with Gasteiger partial charge >= 0.3 is 0 Å².